The number of nitrogens with one attached hydrogen (secondary N) is 1. The van der Waals surface area contributed by atoms with Crippen molar-refractivity contribution >= 4 is 0 Å². The summed E-state index contributed by atoms with van der Waals surface area (Å²) in [7, 11) is 0. The van der Waals surface area contributed by atoms with Gasteiger partial charge in [-0.2, -0.15) is 0 Å². The molecular formula is C16H23F2NO. The molecule has 1 aromatic carbocycles. The van der Waals surface area contributed by atoms with Gasteiger partial charge in [-0.05, 0) is 50.3 Å². The van der Waals surface area contributed by atoms with Crippen LogP contribution in [-0.2, 0) is 4.74 Å². The molecule has 1 aliphatic heterocycles. The molecule has 1 fully saturated rings. The Kier molecular flexibility index (Phi) is 5.11. The van der Waals surface area contributed by atoms with Gasteiger partial charge >= 0.3 is 0 Å². The van der Waals surface area contributed by atoms with E-state index in [0.717, 1.165) is 26.0 Å². The second-order valence-electron chi connectivity index (χ2n) is 5.62. The average molecular weight is 283 g/mol. The molecule has 0 aromatic heterocycles. The monoisotopic (exact) mass is 283 g/mol. The summed E-state index contributed by atoms with van der Waals surface area (Å²) < 4.78 is 33.1. The number of rotatable bonds is 5. The van der Waals surface area contributed by atoms with Gasteiger partial charge in [-0.25, -0.2) is 8.78 Å². The quantitative estimate of drug-likeness (QED) is 0.889. The number of hydrogen-bond acceptors (Lipinski definition) is 2. The minimum Gasteiger partial charge on any atom is -0.378 e. The van der Waals surface area contributed by atoms with Crippen molar-refractivity contribution in [2.75, 3.05) is 13.2 Å². The van der Waals surface area contributed by atoms with E-state index in [1.165, 1.54) is 12.1 Å². The zero-order valence-corrected chi connectivity index (χ0v) is 12.4. The van der Waals surface area contributed by atoms with Gasteiger partial charge in [0.1, 0.15) is 11.6 Å². The van der Waals surface area contributed by atoms with Gasteiger partial charge in [0.25, 0.3) is 0 Å². The molecule has 20 heavy (non-hydrogen) atoms. The molecule has 112 valence electrons. The lowest BCUT2D eigenvalue weighted by molar-refractivity contribution is 0.0867. The van der Waals surface area contributed by atoms with Crippen molar-refractivity contribution in [3.05, 3.63) is 34.9 Å². The van der Waals surface area contributed by atoms with E-state index in [0.29, 0.717) is 17.0 Å². The van der Waals surface area contributed by atoms with E-state index >= 15 is 0 Å². The molecule has 3 atom stereocenters. The maximum atomic E-state index is 13.9. The van der Waals surface area contributed by atoms with Crippen LogP contribution in [0.15, 0.2) is 12.1 Å². The Morgan fingerprint density at radius 1 is 1.35 bits per heavy atom. The van der Waals surface area contributed by atoms with E-state index in [1.807, 2.05) is 6.92 Å². The van der Waals surface area contributed by atoms with E-state index in [4.69, 9.17) is 4.74 Å². The predicted molar refractivity (Wildman–Crippen MR) is 75.7 cm³/mol. The zero-order chi connectivity index (χ0) is 14.7. The molecule has 1 N–H and O–H groups in total. The third kappa shape index (κ3) is 3.36. The Morgan fingerprint density at radius 2 is 2.10 bits per heavy atom. The van der Waals surface area contributed by atoms with Crippen LogP contribution in [0.2, 0.25) is 0 Å². The highest BCUT2D eigenvalue weighted by atomic mass is 19.1. The summed E-state index contributed by atoms with van der Waals surface area (Å²) in [5, 5.41) is 3.31. The fourth-order valence-electron chi connectivity index (χ4n) is 2.81. The summed E-state index contributed by atoms with van der Waals surface area (Å²) in [4.78, 5) is 0. The topological polar surface area (TPSA) is 21.3 Å². The summed E-state index contributed by atoms with van der Waals surface area (Å²) in [5.41, 5.74) is 0.730. The molecule has 1 aliphatic rings. The molecule has 1 saturated heterocycles. The lowest BCUT2D eigenvalue weighted by Gasteiger charge is -2.21. The van der Waals surface area contributed by atoms with Gasteiger partial charge in [0, 0.05) is 24.8 Å². The highest BCUT2D eigenvalue weighted by Crippen LogP contribution is 2.25. The molecule has 0 bridgehead atoms. The van der Waals surface area contributed by atoms with Crippen LogP contribution in [0.3, 0.4) is 0 Å². The van der Waals surface area contributed by atoms with Crippen LogP contribution in [0.25, 0.3) is 0 Å². The minimum atomic E-state index is -0.356. The van der Waals surface area contributed by atoms with E-state index < -0.39 is 0 Å². The highest BCUT2D eigenvalue weighted by Gasteiger charge is 2.27. The van der Waals surface area contributed by atoms with Crippen LogP contribution >= 0.6 is 0 Å². The number of benzene rings is 1. The number of ether oxygens (including phenoxy) is 1. The first-order valence-electron chi connectivity index (χ1n) is 7.33. The summed E-state index contributed by atoms with van der Waals surface area (Å²) >= 11 is 0. The predicted octanol–water partition coefficient (Wildman–Crippen LogP) is 3.74. The first-order valence-corrected chi connectivity index (χ1v) is 7.33. The molecule has 4 heteroatoms. The summed E-state index contributed by atoms with van der Waals surface area (Å²) in [5.74, 6) is -0.245. The van der Waals surface area contributed by atoms with E-state index in [-0.39, 0.29) is 23.8 Å². The maximum absolute atomic E-state index is 13.9. The largest absolute Gasteiger partial charge is 0.378 e. The fraction of sp³-hybridized carbons (Fsp3) is 0.625. The SMILES string of the molecule is CCC1OCCC1CNC(C)c1cc(F)c(C)cc1F. The van der Waals surface area contributed by atoms with Crippen molar-refractivity contribution < 1.29 is 13.5 Å². The smallest absolute Gasteiger partial charge is 0.128 e. The highest BCUT2D eigenvalue weighted by molar-refractivity contribution is 5.27. The number of halogens is 2. The molecule has 1 heterocycles. The van der Waals surface area contributed by atoms with E-state index in [1.54, 1.807) is 6.92 Å². The minimum absolute atomic E-state index is 0.205. The third-order valence-corrected chi connectivity index (χ3v) is 4.18. The average Bonchev–Trinajstić information content (AvgIpc) is 2.87. The first kappa shape index (κ1) is 15.4. The van der Waals surface area contributed by atoms with Gasteiger partial charge < -0.3 is 10.1 Å². The van der Waals surface area contributed by atoms with Gasteiger partial charge in [0.2, 0.25) is 0 Å². The van der Waals surface area contributed by atoms with E-state index in [9.17, 15) is 8.78 Å². The molecule has 0 saturated carbocycles. The lowest BCUT2D eigenvalue weighted by Crippen LogP contribution is -2.30. The van der Waals surface area contributed by atoms with Gasteiger partial charge in [-0.15, -0.1) is 0 Å². The zero-order valence-electron chi connectivity index (χ0n) is 12.4. The molecule has 1 aromatic rings. The Hall–Kier alpha value is -1.00. The van der Waals surface area contributed by atoms with Gasteiger partial charge in [0.15, 0.2) is 0 Å². The van der Waals surface area contributed by atoms with Crippen LogP contribution in [0, 0.1) is 24.5 Å². The Morgan fingerprint density at radius 3 is 2.80 bits per heavy atom. The Balaban J connectivity index is 1.98. The number of aryl methyl sites for hydroxylation is 1. The van der Waals surface area contributed by atoms with Gasteiger partial charge in [0.05, 0.1) is 6.10 Å². The number of hydrogen-bond donors (Lipinski definition) is 1. The van der Waals surface area contributed by atoms with Crippen molar-refractivity contribution in [1.82, 2.24) is 5.32 Å². The van der Waals surface area contributed by atoms with Crippen LogP contribution in [0.1, 0.15) is 43.9 Å². The van der Waals surface area contributed by atoms with Crippen molar-refractivity contribution in [1.29, 1.82) is 0 Å². The van der Waals surface area contributed by atoms with Gasteiger partial charge in [-0.1, -0.05) is 6.92 Å². The van der Waals surface area contributed by atoms with Crippen LogP contribution < -0.4 is 5.32 Å². The van der Waals surface area contributed by atoms with Crippen LogP contribution in [0.5, 0.6) is 0 Å². The first-order chi connectivity index (χ1) is 9.52. The molecule has 0 aliphatic carbocycles. The maximum Gasteiger partial charge on any atom is 0.128 e. The van der Waals surface area contributed by atoms with E-state index in [2.05, 4.69) is 12.2 Å². The second-order valence-corrected chi connectivity index (χ2v) is 5.62. The van der Waals surface area contributed by atoms with Crippen molar-refractivity contribution in [3.8, 4) is 0 Å². The van der Waals surface area contributed by atoms with Crippen molar-refractivity contribution in [3.63, 3.8) is 0 Å². The van der Waals surface area contributed by atoms with Crippen molar-refractivity contribution in [2.45, 2.75) is 45.8 Å². The van der Waals surface area contributed by atoms with Crippen LogP contribution in [-0.4, -0.2) is 19.3 Å². The Labute approximate surface area is 119 Å². The molecule has 3 unspecified atom stereocenters. The third-order valence-electron chi connectivity index (χ3n) is 4.18. The molecular weight excluding hydrogens is 260 g/mol. The fourth-order valence-corrected chi connectivity index (χ4v) is 2.81. The lowest BCUT2D eigenvalue weighted by atomic mass is 9.98. The molecule has 2 nitrogen and oxygen atoms in total. The Bertz CT molecular complexity index is 464. The molecule has 2 rings (SSSR count). The van der Waals surface area contributed by atoms with Gasteiger partial charge in [-0.3, -0.25) is 0 Å². The molecule has 0 amide bonds. The molecule has 0 spiro atoms. The summed E-state index contributed by atoms with van der Waals surface area (Å²) in [6.45, 7) is 7.12. The summed E-state index contributed by atoms with van der Waals surface area (Å²) in [6, 6.07) is 2.35. The standard InChI is InChI=1S/C16H23F2NO/c1-4-16-12(5-6-20-16)9-19-11(3)13-8-14(17)10(2)7-15(13)18/h7-8,11-12,16,19H,4-6,9H2,1-3H3. The molecule has 0 radical (unpaired) electrons. The normalized spacial score (nSPS) is 24.1. The van der Waals surface area contributed by atoms with Crippen molar-refractivity contribution in [2.24, 2.45) is 5.92 Å². The van der Waals surface area contributed by atoms with Crippen LogP contribution in [0.4, 0.5) is 8.78 Å². The second kappa shape index (κ2) is 6.64. The summed E-state index contributed by atoms with van der Waals surface area (Å²) in [6.07, 6.45) is 2.31.